The lowest BCUT2D eigenvalue weighted by Crippen LogP contribution is -2.27. The minimum absolute atomic E-state index is 0.0806. The van der Waals surface area contributed by atoms with Crippen LogP contribution in [0.1, 0.15) is 20.8 Å². The van der Waals surface area contributed by atoms with E-state index in [4.69, 9.17) is 11.6 Å². The van der Waals surface area contributed by atoms with Gasteiger partial charge in [0.15, 0.2) is 0 Å². The van der Waals surface area contributed by atoms with Crippen LogP contribution in [0.5, 0.6) is 0 Å². The third-order valence-corrected chi connectivity index (χ3v) is 2.52. The number of carbonyl (C=O) groups excluding carboxylic acids is 2. The number of likely N-dealkylation sites (N-methyl/N-ethyl adjacent to an activating group) is 1. The molecule has 1 aliphatic rings. The molecule has 0 aliphatic heterocycles. The van der Waals surface area contributed by atoms with E-state index < -0.39 is 0 Å². The highest BCUT2D eigenvalue weighted by Crippen LogP contribution is 2.25. The van der Waals surface area contributed by atoms with Crippen LogP contribution < -0.4 is 5.32 Å². The lowest BCUT2D eigenvalue weighted by atomic mass is 9.97. The van der Waals surface area contributed by atoms with Gasteiger partial charge in [-0.2, -0.15) is 0 Å². The van der Waals surface area contributed by atoms with Crippen LogP contribution in [0.15, 0.2) is 29.1 Å². The van der Waals surface area contributed by atoms with Gasteiger partial charge in [0.25, 0.3) is 0 Å². The fourth-order valence-corrected chi connectivity index (χ4v) is 1.72. The van der Waals surface area contributed by atoms with Crippen LogP contribution in [0, 0.1) is 0 Å². The molecule has 0 spiro atoms. The zero-order chi connectivity index (χ0) is 11.0. The zero-order valence-corrected chi connectivity index (χ0v) is 8.63. The van der Waals surface area contributed by atoms with Crippen molar-refractivity contribution in [2.75, 3.05) is 7.05 Å². The number of pyridine rings is 1. The topological polar surface area (TPSA) is 59.1 Å². The Balaban J connectivity index is 2.68. The average Bonchev–Trinajstić information content (AvgIpc) is 2.27. The number of halogens is 1. The molecule has 0 radical (unpaired) electrons. The highest BCUT2D eigenvalue weighted by atomic mass is 35.5. The Morgan fingerprint density at radius 3 is 2.73 bits per heavy atom. The van der Waals surface area contributed by atoms with E-state index in [0.717, 1.165) is 0 Å². The molecule has 1 aromatic heterocycles. The number of nitrogens with zero attached hydrogens (tertiary/aromatic N) is 1. The predicted molar refractivity (Wildman–Crippen MR) is 54.8 cm³/mol. The van der Waals surface area contributed by atoms with E-state index >= 15 is 0 Å². The molecule has 0 unspecified atom stereocenters. The number of fused-ring (bicyclic) bond motifs is 1. The first-order chi connectivity index (χ1) is 7.16. The van der Waals surface area contributed by atoms with Crippen molar-refractivity contribution in [2.45, 2.75) is 0 Å². The number of nitrogens with one attached hydrogen (secondary N) is 1. The summed E-state index contributed by atoms with van der Waals surface area (Å²) in [7, 11) is 1.54. The van der Waals surface area contributed by atoms with Crippen molar-refractivity contribution in [3.8, 4) is 0 Å². The molecule has 5 heteroatoms. The largest absolute Gasteiger partial charge is 0.384 e. The predicted octanol–water partition coefficient (Wildman–Crippen LogP) is 1.13. The zero-order valence-electron chi connectivity index (χ0n) is 7.87. The van der Waals surface area contributed by atoms with Crippen molar-refractivity contribution in [1.29, 1.82) is 0 Å². The summed E-state index contributed by atoms with van der Waals surface area (Å²) in [6, 6.07) is 3.13. The molecule has 1 N–H and O–H groups in total. The molecule has 15 heavy (non-hydrogen) atoms. The second-order valence-corrected chi connectivity index (χ2v) is 3.37. The molecule has 0 fully saturated rings. The minimum Gasteiger partial charge on any atom is -0.384 e. The van der Waals surface area contributed by atoms with Gasteiger partial charge in [-0.05, 0) is 12.1 Å². The van der Waals surface area contributed by atoms with E-state index in [2.05, 4.69) is 10.3 Å². The first kappa shape index (κ1) is 9.86. The summed E-state index contributed by atoms with van der Waals surface area (Å²) in [4.78, 5) is 27.4. The lowest BCUT2D eigenvalue weighted by molar-refractivity contribution is 0.0971. The SMILES string of the molecule is CNC1=C(Cl)C(=O)c2cccnc2C1=O. The quantitative estimate of drug-likeness (QED) is 0.774. The van der Waals surface area contributed by atoms with Crippen LogP contribution in [-0.2, 0) is 0 Å². The summed E-state index contributed by atoms with van der Waals surface area (Å²) in [5, 5.41) is 2.53. The Labute approximate surface area is 91.0 Å². The number of carbonyl (C=O) groups is 2. The van der Waals surface area contributed by atoms with Crippen LogP contribution in [0.3, 0.4) is 0 Å². The van der Waals surface area contributed by atoms with Gasteiger partial charge >= 0.3 is 0 Å². The summed E-state index contributed by atoms with van der Waals surface area (Å²) in [6.45, 7) is 0. The van der Waals surface area contributed by atoms with Crippen molar-refractivity contribution < 1.29 is 9.59 Å². The molecular formula is C10H7ClN2O2. The minimum atomic E-state index is -0.372. The van der Waals surface area contributed by atoms with E-state index in [1.54, 1.807) is 6.07 Å². The van der Waals surface area contributed by atoms with Gasteiger partial charge in [-0.15, -0.1) is 0 Å². The first-order valence-corrected chi connectivity index (χ1v) is 4.66. The fraction of sp³-hybridized carbons (Fsp3) is 0.100. The Morgan fingerprint density at radius 2 is 2.07 bits per heavy atom. The van der Waals surface area contributed by atoms with E-state index in [0.29, 0.717) is 0 Å². The number of allylic oxidation sites excluding steroid dienone is 2. The monoisotopic (exact) mass is 222 g/mol. The van der Waals surface area contributed by atoms with E-state index in [1.807, 2.05) is 0 Å². The van der Waals surface area contributed by atoms with E-state index in [1.165, 1.54) is 19.3 Å². The van der Waals surface area contributed by atoms with Crippen molar-refractivity contribution in [2.24, 2.45) is 0 Å². The molecule has 0 bridgehead atoms. The molecule has 0 saturated heterocycles. The molecule has 76 valence electrons. The number of Topliss-reactive ketones (excluding diaryl/α,β-unsaturated/α-hetero) is 2. The molecule has 4 nitrogen and oxygen atoms in total. The lowest BCUT2D eigenvalue weighted by Gasteiger charge is -2.15. The Hall–Kier alpha value is -1.68. The molecule has 0 atom stereocenters. The highest BCUT2D eigenvalue weighted by Gasteiger charge is 2.31. The first-order valence-electron chi connectivity index (χ1n) is 4.28. The van der Waals surface area contributed by atoms with Crippen molar-refractivity contribution in [3.05, 3.63) is 40.3 Å². The smallest absolute Gasteiger partial charge is 0.229 e. The second kappa shape index (κ2) is 3.47. The number of hydrogen-bond acceptors (Lipinski definition) is 4. The Bertz CT molecular complexity index is 494. The van der Waals surface area contributed by atoms with Crippen LogP contribution in [0.25, 0.3) is 0 Å². The molecule has 0 amide bonds. The molecule has 1 aromatic rings. The Kier molecular flexibility index (Phi) is 2.28. The van der Waals surface area contributed by atoms with Gasteiger partial charge in [-0.1, -0.05) is 11.6 Å². The summed E-state index contributed by atoms with van der Waals surface area (Å²) < 4.78 is 0. The fourth-order valence-electron chi connectivity index (χ4n) is 1.44. The number of ketones is 2. The average molecular weight is 223 g/mol. The molecular weight excluding hydrogens is 216 g/mol. The van der Waals surface area contributed by atoms with Gasteiger partial charge in [0.1, 0.15) is 16.4 Å². The molecule has 1 heterocycles. The van der Waals surface area contributed by atoms with Gasteiger partial charge in [0, 0.05) is 13.2 Å². The van der Waals surface area contributed by atoms with Crippen molar-refractivity contribution >= 4 is 23.2 Å². The van der Waals surface area contributed by atoms with Crippen molar-refractivity contribution in [1.82, 2.24) is 10.3 Å². The van der Waals surface area contributed by atoms with Gasteiger partial charge in [0.2, 0.25) is 11.6 Å². The number of rotatable bonds is 1. The molecule has 2 rings (SSSR count). The van der Waals surface area contributed by atoms with Gasteiger partial charge in [-0.3, -0.25) is 14.6 Å². The van der Waals surface area contributed by atoms with E-state index in [9.17, 15) is 9.59 Å². The molecule has 0 aromatic carbocycles. The molecule has 1 aliphatic carbocycles. The maximum Gasteiger partial charge on any atom is 0.229 e. The van der Waals surface area contributed by atoms with Gasteiger partial charge in [0.05, 0.1) is 5.56 Å². The normalized spacial score (nSPS) is 15.3. The Morgan fingerprint density at radius 1 is 1.33 bits per heavy atom. The third kappa shape index (κ3) is 1.34. The highest BCUT2D eigenvalue weighted by molar-refractivity contribution is 6.49. The summed E-state index contributed by atoms with van der Waals surface area (Å²) in [5.41, 5.74) is 0.510. The van der Waals surface area contributed by atoms with Gasteiger partial charge in [-0.25, -0.2) is 0 Å². The van der Waals surface area contributed by atoms with Crippen LogP contribution in [0.4, 0.5) is 0 Å². The second-order valence-electron chi connectivity index (χ2n) is 3.00. The van der Waals surface area contributed by atoms with Gasteiger partial charge < -0.3 is 5.32 Å². The van der Waals surface area contributed by atoms with E-state index in [-0.39, 0.29) is 33.6 Å². The maximum absolute atomic E-state index is 11.8. The third-order valence-electron chi connectivity index (χ3n) is 2.16. The number of aromatic nitrogens is 1. The summed E-state index contributed by atoms with van der Waals surface area (Å²) in [5.74, 6) is -0.721. The maximum atomic E-state index is 11.8. The van der Waals surface area contributed by atoms with Crippen molar-refractivity contribution in [3.63, 3.8) is 0 Å². The summed E-state index contributed by atoms with van der Waals surface area (Å²) in [6.07, 6.45) is 1.47. The van der Waals surface area contributed by atoms with Crippen LogP contribution in [-0.4, -0.2) is 23.6 Å². The van der Waals surface area contributed by atoms with Crippen LogP contribution >= 0.6 is 11.6 Å². The molecule has 0 saturated carbocycles. The van der Waals surface area contributed by atoms with Crippen LogP contribution in [0.2, 0.25) is 0 Å². The summed E-state index contributed by atoms with van der Waals surface area (Å²) >= 11 is 5.77. The number of hydrogen-bond donors (Lipinski definition) is 1. The standard InChI is InChI=1S/C10H7ClN2O2/c1-12-8-6(11)9(14)5-3-2-4-13-7(5)10(8)15/h2-4,12H,1H3.